The van der Waals surface area contributed by atoms with E-state index in [1.165, 1.54) is 4.31 Å². The molecule has 4 nitrogen and oxygen atoms in total. The molecule has 1 atom stereocenters. The number of hydrogen-bond acceptors (Lipinski definition) is 3. The Morgan fingerprint density at radius 1 is 1.38 bits per heavy atom. The van der Waals surface area contributed by atoms with E-state index in [2.05, 4.69) is 5.32 Å². The van der Waals surface area contributed by atoms with E-state index in [0.717, 1.165) is 13.0 Å². The molecule has 0 aromatic heterocycles. The van der Waals surface area contributed by atoms with E-state index < -0.39 is 10.0 Å². The molecule has 1 saturated heterocycles. The molecular weight excluding hydrogens is 331 g/mol. The summed E-state index contributed by atoms with van der Waals surface area (Å²) >= 11 is 12.4. The van der Waals surface area contributed by atoms with Crippen LogP contribution in [0.3, 0.4) is 0 Å². The van der Waals surface area contributed by atoms with E-state index in [9.17, 15) is 8.42 Å². The summed E-state index contributed by atoms with van der Waals surface area (Å²) in [5.41, 5.74) is 1.20. The lowest BCUT2D eigenvalue weighted by Gasteiger charge is -2.20. The third-order valence-corrected chi connectivity index (χ3v) is 6.96. The van der Waals surface area contributed by atoms with E-state index in [1.54, 1.807) is 19.9 Å². The van der Waals surface area contributed by atoms with Crippen molar-refractivity contribution in [1.82, 2.24) is 9.62 Å². The number of hydrogen-bond donors (Lipinski definition) is 1. The van der Waals surface area contributed by atoms with Gasteiger partial charge in [-0.1, -0.05) is 23.2 Å². The van der Waals surface area contributed by atoms with E-state index in [0.29, 0.717) is 35.2 Å². The molecule has 0 saturated carbocycles. The van der Waals surface area contributed by atoms with Crippen molar-refractivity contribution in [2.75, 3.05) is 26.7 Å². The zero-order valence-electron chi connectivity index (χ0n) is 12.4. The molecule has 1 aliphatic rings. The van der Waals surface area contributed by atoms with Crippen molar-refractivity contribution in [2.24, 2.45) is 5.92 Å². The Labute approximate surface area is 136 Å². The molecule has 0 radical (unpaired) electrons. The van der Waals surface area contributed by atoms with Crippen molar-refractivity contribution >= 4 is 33.2 Å². The van der Waals surface area contributed by atoms with Gasteiger partial charge in [0.1, 0.15) is 4.90 Å². The second-order valence-corrected chi connectivity index (χ2v) is 8.18. The van der Waals surface area contributed by atoms with Crippen LogP contribution in [0.5, 0.6) is 0 Å². The molecule has 1 N–H and O–H groups in total. The lowest BCUT2D eigenvalue weighted by molar-refractivity contribution is 0.451. The Morgan fingerprint density at radius 3 is 2.67 bits per heavy atom. The molecule has 21 heavy (non-hydrogen) atoms. The van der Waals surface area contributed by atoms with Gasteiger partial charge in [-0.25, -0.2) is 8.42 Å². The Hall–Kier alpha value is -0.330. The fourth-order valence-electron chi connectivity index (χ4n) is 2.72. The minimum atomic E-state index is -3.61. The second kappa shape index (κ2) is 6.42. The minimum absolute atomic E-state index is 0.152. The Balaban J connectivity index is 2.42. The maximum Gasteiger partial charge on any atom is 0.244 e. The summed E-state index contributed by atoms with van der Waals surface area (Å²) < 4.78 is 27.3. The maximum atomic E-state index is 12.9. The standard InChI is InChI=1S/C14H20Cl2N2O2S/c1-9-6-12(15)10(2)14(13(9)16)21(19,20)18-5-4-11(8-18)7-17-3/h6,11,17H,4-5,7-8H2,1-3H3. The van der Waals surface area contributed by atoms with Crippen LogP contribution in [-0.4, -0.2) is 39.4 Å². The maximum absolute atomic E-state index is 12.9. The highest BCUT2D eigenvalue weighted by Gasteiger charge is 2.35. The summed E-state index contributed by atoms with van der Waals surface area (Å²) in [5, 5.41) is 3.80. The molecule has 1 aromatic rings. The predicted octanol–water partition coefficient (Wildman–Crippen LogP) is 2.84. The summed E-state index contributed by atoms with van der Waals surface area (Å²) in [6, 6.07) is 1.70. The van der Waals surface area contributed by atoms with Gasteiger partial charge >= 0.3 is 0 Å². The average Bonchev–Trinajstić information content (AvgIpc) is 2.86. The van der Waals surface area contributed by atoms with Gasteiger partial charge in [0, 0.05) is 18.1 Å². The van der Waals surface area contributed by atoms with Gasteiger partial charge in [0.2, 0.25) is 10.0 Å². The van der Waals surface area contributed by atoms with Gasteiger partial charge in [0.15, 0.2) is 0 Å². The summed E-state index contributed by atoms with van der Waals surface area (Å²) in [4.78, 5) is 0.152. The largest absolute Gasteiger partial charge is 0.319 e. The first kappa shape index (κ1) is 17.0. The molecule has 118 valence electrons. The fraction of sp³-hybridized carbons (Fsp3) is 0.571. The smallest absolute Gasteiger partial charge is 0.244 e. The van der Waals surface area contributed by atoms with E-state index in [1.807, 2.05) is 7.05 Å². The number of nitrogens with one attached hydrogen (secondary N) is 1. The van der Waals surface area contributed by atoms with Crippen LogP contribution in [0, 0.1) is 19.8 Å². The van der Waals surface area contributed by atoms with Gasteiger partial charge < -0.3 is 5.32 Å². The van der Waals surface area contributed by atoms with Gasteiger partial charge in [-0.2, -0.15) is 4.31 Å². The molecule has 1 unspecified atom stereocenters. The first-order valence-electron chi connectivity index (χ1n) is 6.89. The highest BCUT2D eigenvalue weighted by molar-refractivity contribution is 7.89. The molecule has 0 spiro atoms. The van der Waals surface area contributed by atoms with Crippen LogP contribution in [-0.2, 0) is 10.0 Å². The van der Waals surface area contributed by atoms with Crippen molar-refractivity contribution in [3.8, 4) is 0 Å². The third-order valence-electron chi connectivity index (χ3n) is 3.93. The number of aryl methyl sites for hydroxylation is 1. The van der Waals surface area contributed by atoms with Crippen LogP contribution in [0.25, 0.3) is 0 Å². The molecule has 1 heterocycles. The van der Waals surface area contributed by atoms with Crippen molar-refractivity contribution < 1.29 is 8.42 Å². The first-order valence-corrected chi connectivity index (χ1v) is 9.08. The third kappa shape index (κ3) is 3.22. The fourth-order valence-corrected chi connectivity index (χ4v) is 5.42. The monoisotopic (exact) mass is 350 g/mol. The molecule has 0 amide bonds. The Morgan fingerprint density at radius 2 is 2.05 bits per heavy atom. The molecule has 1 aromatic carbocycles. The first-order chi connectivity index (χ1) is 9.78. The number of halogens is 2. The van der Waals surface area contributed by atoms with E-state index in [4.69, 9.17) is 23.2 Å². The minimum Gasteiger partial charge on any atom is -0.319 e. The summed E-state index contributed by atoms with van der Waals surface area (Å²) in [6.45, 7) is 5.32. The Kier molecular flexibility index (Phi) is 5.21. The van der Waals surface area contributed by atoms with Crippen LogP contribution in [0.15, 0.2) is 11.0 Å². The quantitative estimate of drug-likeness (QED) is 0.908. The molecule has 2 rings (SSSR count). The SMILES string of the molecule is CNCC1CCN(S(=O)(=O)c2c(C)c(Cl)cc(C)c2Cl)C1. The van der Waals surface area contributed by atoms with Crippen LogP contribution in [0.4, 0.5) is 0 Å². The lowest BCUT2D eigenvalue weighted by Crippen LogP contribution is -2.31. The van der Waals surface area contributed by atoms with E-state index in [-0.39, 0.29) is 9.92 Å². The van der Waals surface area contributed by atoms with E-state index >= 15 is 0 Å². The lowest BCUT2D eigenvalue weighted by atomic mass is 10.1. The van der Waals surface area contributed by atoms with Gasteiger partial charge in [-0.3, -0.25) is 0 Å². The molecule has 1 aliphatic heterocycles. The molecule has 0 aliphatic carbocycles. The van der Waals surface area contributed by atoms with Crippen LogP contribution in [0.1, 0.15) is 17.5 Å². The average molecular weight is 351 g/mol. The van der Waals surface area contributed by atoms with Crippen LogP contribution >= 0.6 is 23.2 Å². The highest BCUT2D eigenvalue weighted by Crippen LogP contribution is 2.36. The van der Waals surface area contributed by atoms with Gasteiger partial charge in [0.25, 0.3) is 0 Å². The normalized spacial score (nSPS) is 20.1. The van der Waals surface area contributed by atoms with Gasteiger partial charge in [0.05, 0.1) is 5.02 Å². The van der Waals surface area contributed by atoms with Gasteiger partial charge in [-0.15, -0.1) is 0 Å². The molecule has 1 fully saturated rings. The van der Waals surface area contributed by atoms with Gasteiger partial charge in [-0.05, 0) is 57.0 Å². The summed E-state index contributed by atoms with van der Waals surface area (Å²) in [5.74, 6) is 0.337. The molecular formula is C14H20Cl2N2O2S. The zero-order valence-corrected chi connectivity index (χ0v) is 14.7. The molecule has 0 bridgehead atoms. The summed E-state index contributed by atoms with van der Waals surface area (Å²) in [7, 11) is -1.73. The van der Waals surface area contributed by atoms with Crippen molar-refractivity contribution in [2.45, 2.75) is 25.2 Å². The van der Waals surface area contributed by atoms with Crippen LogP contribution < -0.4 is 5.32 Å². The Bertz CT molecular complexity index is 621. The number of benzene rings is 1. The highest BCUT2D eigenvalue weighted by atomic mass is 35.5. The van der Waals surface area contributed by atoms with Crippen molar-refractivity contribution in [1.29, 1.82) is 0 Å². The number of nitrogens with zero attached hydrogens (tertiary/aromatic N) is 1. The van der Waals surface area contributed by atoms with Crippen molar-refractivity contribution in [3.63, 3.8) is 0 Å². The predicted molar refractivity (Wildman–Crippen MR) is 86.7 cm³/mol. The topological polar surface area (TPSA) is 49.4 Å². The summed E-state index contributed by atoms with van der Waals surface area (Å²) in [6.07, 6.45) is 0.857. The number of rotatable bonds is 4. The number of sulfonamides is 1. The second-order valence-electron chi connectivity index (χ2n) is 5.52. The van der Waals surface area contributed by atoms with Crippen LogP contribution in [0.2, 0.25) is 10.0 Å². The van der Waals surface area contributed by atoms with Crippen molar-refractivity contribution in [3.05, 3.63) is 27.2 Å². The zero-order chi connectivity index (χ0) is 15.8. The molecule has 7 heteroatoms.